The summed E-state index contributed by atoms with van der Waals surface area (Å²) in [6, 6.07) is 7.61. The summed E-state index contributed by atoms with van der Waals surface area (Å²) in [5.41, 5.74) is 1.01. The summed E-state index contributed by atoms with van der Waals surface area (Å²) in [6.07, 6.45) is 1.57. The fourth-order valence-electron chi connectivity index (χ4n) is 1.49. The zero-order chi connectivity index (χ0) is 13.1. The van der Waals surface area contributed by atoms with Crippen molar-refractivity contribution in [3.63, 3.8) is 0 Å². The average Bonchev–Trinajstić information content (AvgIpc) is 2.35. The molecule has 2 rings (SSSR count). The van der Waals surface area contributed by atoms with Crippen molar-refractivity contribution in [2.75, 3.05) is 5.32 Å². The highest BCUT2D eigenvalue weighted by Crippen LogP contribution is 2.20. The molecule has 0 spiro atoms. The van der Waals surface area contributed by atoms with Gasteiger partial charge in [0.2, 0.25) is 0 Å². The zero-order valence-corrected chi connectivity index (χ0v) is 11.2. The Morgan fingerprint density at radius 2 is 2.17 bits per heavy atom. The number of nitrogens with one attached hydrogen (secondary N) is 1. The molecule has 0 aliphatic rings. The van der Waals surface area contributed by atoms with Gasteiger partial charge in [0.05, 0.1) is 4.47 Å². The first-order chi connectivity index (χ1) is 8.58. The van der Waals surface area contributed by atoms with E-state index >= 15 is 0 Å². The van der Waals surface area contributed by atoms with Crippen LogP contribution in [0.3, 0.4) is 0 Å². The molecule has 0 atom stereocenters. The number of anilines is 1. The highest BCUT2D eigenvalue weighted by Gasteiger charge is 2.12. The summed E-state index contributed by atoms with van der Waals surface area (Å²) in [5, 5.41) is 2.63. The van der Waals surface area contributed by atoms with Crippen molar-refractivity contribution in [3.05, 3.63) is 57.9 Å². The third-order valence-electron chi connectivity index (χ3n) is 2.43. The summed E-state index contributed by atoms with van der Waals surface area (Å²) in [5.74, 6) is -0.414. The highest BCUT2D eigenvalue weighted by atomic mass is 79.9. The first-order valence-electron chi connectivity index (χ1n) is 5.26. The first kappa shape index (κ1) is 12.7. The predicted octanol–water partition coefficient (Wildman–Crippen LogP) is 3.54. The van der Waals surface area contributed by atoms with Crippen LogP contribution in [-0.2, 0) is 0 Å². The molecule has 0 aliphatic carbocycles. The van der Waals surface area contributed by atoms with E-state index in [1.165, 1.54) is 12.1 Å². The summed E-state index contributed by atoms with van der Waals surface area (Å²) >= 11 is 3.28. The molecule has 0 aliphatic heterocycles. The number of pyridine rings is 1. The van der Waals surface area contributed by atoms with Crippen LogP contribution >= 0.6 is 15.9 Å². The second kappa shape index (κ2) is 5.27. The van der Waals surface area contributed by atoms with Gasteiger partial charge in [-0.15, -0.1) is 0 Å². The molecule has 0 saturated heterocycles. The summed E-state index contributed by atoms with van der Waals surface area (Å²) < 4.78 is 13.8. The van der Waals surface area contributed by atoms with Crippen LogP contribution in [0.2, 0.25) is 0 Å². The van der Waals surface area contributed by atoms with E-state index in [0.717, 1.165) is 0 Å². The van der Waals surface area contributed by atoms with Gasteiger partial charge in [-0.25, -0.2) is 9.37 Å². The standard InChI is InChI=1S/C13H10BrFN2O/c1-8-4-5-9(15)7-10(8)13(18)17-12-11(14)3-2-6-16-12/h2-7H,1H3,(H,16,17,18). The number of hydrogen-bond donors (Lipinski definition) is 1. The lowest BCUT2D eigenvalue weighted by atomic mass is 10.1. The van der Waals surface area contributed by atoms with Gasteiger partial charge in [-0.05, 0) is 52.7 Å². The molecule has 1 N–H and O–H groups in total. The monoisotopic (exact) mass is 308 g/mol. The van der Waals surface area contributed by atoms with E-state index in [0.29, 0.717) is 21.4 Å². The average molecular weight is 309 g/mol. The molecule has 1 heterocycles. The summed E-state index contributed by atoms with van der Waals surface area (Å²) in [4.78, 5) is 16.0. The molecule has 92 valence electrons. The van der Waals surface area contributed by atoms with E-state index in [9.17, 15) is 9.18 Å². The van der Waals surface area contributed by atoms with Gasteiger partial charge in [0, 0.05) is 11.8 Å². The third kappa shape index (κ3) is 2.73. The SMILES string of the molecule is Cc1ccc(F)cc1C(=O)Nc1ncccc1Br. The number of halogens is 2. The Morgan fingerprint density at radius 3 is 2.89 bits per heavy atom. The molecule has 1 amide bonds. The topological polar surface area (TPSA) is 42.0 Å². The lowest BCUT2D eigenvalue weighted by Crippen LogP contribution is -2.15. The molecule has 0 saturated carbocycles. The number of benzene rings is 1. The maximum absolute atomic E-state index is 13.1. The number of carbonyl (C=O) groups is 1. The van der Waals surface area contributed by atoms with Crippen LogP contribution < -0.4 is 5.32 Å². The Bertz CT molecular complexity index is 601. The fourth-order valence-corrected chi connectivity index (χ4v) is 1.85. The number of hydrogen-bond acceptors (Lipinski definition) is 2. The molecular formula is C13H10BrFN2O. The van der Waals surface area contributed by atoms with Crippen molar-refractivity contribution >= 4 is 27.7 Å². The molecule has 1 aromatic carbocycles. The van der Waals surface area contributed by atoms with Gasteiger partial charge in [0.15, 0.2) is 0 Å². The molecule has 0 bridgehead atoms. The molecule has 2 aromatic rings. The van der Waals surface area contributed by atoms with E-state index in [-0.39, 0.29) is 5.91 Å². The second-order valence-electron chi connectivity index (χ2n) is 3.75. The fraction of sp³-hybridized carbons (Fsp3) is 0.0769. The van der Waals surface area contributed by atoms with Gasteiger partial charge in [-0.1, -0.05) is 6.07 Å². The highest BCUT2D eigenvalue weighted by molar-refractivity contribution is 9.10. The van der Waals surface area contributed by atoms with Crippen LogP contribution in [0.15, 0.2) is 41.0 Å². The van der Waals surface area contributed by atoms with Crippen LogP contribution in [0.4, 0.5) is 10.2 Å². The molecule has 18 heavy (non-hydrogen) atoms. The summed E-state index contributed by atoms with van der Waals surface area (Å²) in [7, 11) is 0. The van der Waals surface area contributed by atoms with E-state index in [1.54, 1.807) is 31.3 Å². The molecule has 1 aromatic heterocycles. The van der Waals surface area contributed by atoms with Crippen molar-refractivity contribution in [3.8, 4) is 0 Å². The smallest absolute Gasteiger partial charge is 0.257 e. The van der Waals surface area contributed by atoms with Crippen LogP contribution in [0.25, 0.3) is 0 Å². The zero-order valence-electron chi connectivity index (χ0n) is 9.58. The number of carbonyl (C=O) groups excluding carboxylic acids is 1. The lowest BCUT2D eigenvalue weighted by molar-refractivity contribution is 0.102. The number of amides is 1. The Balaban J connectivity index is 2.28. The van der Waals surface area contributed by atoms with Gasteiger partial charge in [0.1, 0.15) is 11.6 Å². The maximum atomic E-state index is 13.1. The van der Waals surface area contributed by atoms with E-state index in [1.807, 2.05) is 0 Å². The number of aryl methyl sites for hydroxylation is 1. The minimum absolute atomic E-state index is 0.299. The van der Waals surface area contributed by atoms with Gasteiger partial charge in [-0.3, -0.25) is 4.79 Å². The van der Waals surface area contributed by atoms with E-state index in [4.69, 9.17) is 0 Å². The second-order valence-corrected chi connectivity index (χ2v) is 4.60. The van der Waals surface area contributed by atoms with Crippen molar-refractivity contribution < 1.29 is 9.18 Å². The van der Waals surface area contributed by atoms with Crippen LogP contribution in [0.1, 0.15) is 15.9 Å². The Morgan fingerprint density at radius 1 is 1.39 bits per heavy atom. The Labute approximate surface area is 112 Å². The largest absolute Gasteiger partial charge is 0.306 e. The Kier molecular flexibility index (Phi) is 3.72. The predicted molar refractivity (Wildman–Crippen MR) is 71.0 cm³/mol. The molecular weight excluding hydrogens is 299 g/mol. The number of aromatic nitrogens is 1. The normalized spacial score (nSPS) is 10.2. The number of nitrogens with zero attached hydrogens (tertiary/aromatic N) is 1. The summed E-state index contributed by atoms with van der Waals surface area (Å²) in [6.45, 7) is 1.75. The molecule has 0 unspecified atom stereocenters. The minimum Gasteiger partial charge on any atom is -0.306 e. The minimum atomic E-state index is -0.439. The first-order valence-corrected chi connectivity index (χ1v) is 6.05. The van der Waals surface area contributed by atoms with Crippen molar-refractivity contribution in [1.29, 1.82) is 0 Å². The van der Waals surface area contributed by atoms with E-state index in [2.05, 4.69) is 26.2 Å². The lowest BCUT2D eigenvalue weighted by Gasteiger charge is -2.08. The van der Waals surface area contributed by atoms with Crippen molar-refractivity contribution in [2.45, 2.75) is 6.92 Å². The van der Waals surface area contributed by atoms with Crippen LogP contribution in [0.5, 0.6) is 0 Å². The van der Waals surface area contributed by atoms with Gasteiger partial charge >= 0.3 is 0 Å². The van der Waals surface area contributed by atoms with Crippen molar-refractivity contribution in [1.82, 2.24) is 4.98 Å². The van der Waals surface area contributed by atoms with Crippen LogP contribution in [-0.4, -0.2) is 10.9 Å². The quantitative estimate of drug-likeness (QED) is 0.922. The third-order valence-corrected chi connectivity index (χ3v) is 3.07. The number of rotatable bonds is 2. The molecule has 0 fully saturated rings. The Hall–Kier alpha value is -1.75. The van der Waals surface area contributed by atoms with E-state index < -0.39 is 5.82 Å². The molecule has 3 nitrogen and oxygen atoms in total. The van der Waals surface area contributed by atoms with Crippen molar-refractivity contribution in [2.24, 2.45) is 0 Å². The molecule has 0 radical (unpaired) electrons. The van der Waals surface area contributed by atoms with Gasteiger partial charge in [-0.2, -0.15) is 0 Å². The van der Waals surface area contributed by atoms with Gasteiger partial charge in [0.25, 0.3) is 5.91 Å². The van der Waals surface area contributed by atoms with Crippen LogP contribution in [0, 0.1) is 12.7 Å². The molecule has 5 heteroatoms. The maximum Gasteiger partial charge on any atom is 0.257 e. The van der Waals surface area contributed by atoms with Gasteiger partial charge < -0.3 is 5.32 Å².